The highest BCUT2D eigenvalue weighted by Gasteiger charge is 2.27. The predicted octanol–water partition coefficient (Wildman–Crippen LogP) is 4.23. The highest BCUT2D eigenvalue weighted by atomic mass is 16.5. The van der Waals surface area contributed by atoms with Crippen LogP contribution in [0.25, 0.3) is 0 Å². The van der Waals surface area contributed by atoms with E-state index in [2.05, 4.69) is 0 Å². The minimum absolute atomic E-state index is 0.0263. The third-order valence-electron chi connectivity index (χ3n) is 4.42. The van der Waals surface area contributed by atoms with Gasteiger partial charge >= 0.3 is 5.97 Å². The summed E-state index contributed by atoms with van der Waals surface area (Å²) in [5, 5.41) is 0. The van der Waals surface area contributed by atoms with Crippen LogP contribution in [0, 0.1) is 5.92 Å². The minimum Gasteiger partial charge on any atom is -0.497 e. The number of rotatable bonds is 8. The van der Waals surface area contributed by atoms with Crippen molar-refractivity contribution in [2.75, 3.05) is 20.8 Å². The maximum Gasteiger partial charge on any atom is 0.309 e. The lowest BCUT2D eigenvalue weighted by atomic mass is 9.82. The van der Waals surface area contributed by atoms with Crippen LogP contribution in [0.3, 0.4) is 0 Å². The second kappa shape index (κ2) is 9.11. The molecule has 25 heavy (non-hydrogen) atoms. The first kappa shape index (κ1) is 18.8. The summed E-state index contributed by atoms with van der Waals surface area (Å²) in [6.45, 7) is 4.15. The van der Waals surface area contributed by atoms with Crippen molar-refractivity contribution in [2.24, 2.45) is 5.92 Å². The lowest BCUT2D eigenvalue weighted by Crippen LogP contribution is -2.23. The van der Waals surface area contributed by atoms with Crippen LogP contribution in [0.15, 0.2) is 48.5 Å². The van der Waals surface area contributed by atoms with Gasteiger partial charge in [0.25, 0.3) is 0 Å². The summed E-state index contributed by atoms with van der Waals surface area (Å²) in [6.07, 6.45) is 0.746. The van der Waals surface area contributed by atoms with Gasteiger partial charge in [-0.25, -0.2) is 0 Å². The zero-order valence-electron chi connectivity index (χ0n) is 15.3. The quantitative estimate of drug-likeness (QED) is 0.674. The number of carbonyl (C=O) groups is 1. The molecule has 0 saturated carbocycles. The van der Waals surface area contributed by atoms with Crippen LogP contribution >= 0.6 is 0 Å². The van der Waals surface area contributed by atoms with Crippen molar-refractivity contribution in [3.05, 3.63) is 59.7 Å². The molecule has 0 bridgehead atoms. The molecule has 0 N–H and O–H groups in total. The van der Waals surface area contributed by atoms with Gasteiger partial charge in [-0.2, -0.15) is 0 Å². The molecule has 0 heterocycles. The van der Waals surface area contributed by atoms with Gasteiger partial charge in [-0.05, 0) is 48.7 Å². The Hall–Kier alpha value is -2.49. The molecule has 4 nitrogen and oxygen atoms in total. The van der Waals surface area contributed by atoms with E-state index in [9.17, 15) is 4.79 Å². The fourth-order valence-corrected chi connectivity index (χ4v) is 2.89. The molecule has 2 rings (SSSR count). The molecule has 0 fully saturated rings. The summed E-state index contributed by atoms with van der Waals surface area (Å²) in [5.41, 5.74) is 2.25. The van der Waals surface area contributed by atoms with E-state index in [1.165, 1.54) is 0 Å². The van der Waals surface area contributed by atoms with Gasteiger partial charge in [0, 0.05) is 5.92 Å². The molecule has 0 aliphatic rings. The molecule has 0 radical (unpaired) electrons. The summed E-state index contributed by atoms with van der Waals surface area (Å²) in [7, 11) is 3.29. The number of hydrogen-bond donors (Lipinski definition) is 0. The molecule has 4 heteroatoms. The Morgan fingerprint density at radius 3 is 1.92 bits per heavy atom. The van der Waals surface area contributed by atoms with E-state index >= 15 is 0 Å². The average Bonchev–Trinajstić information content (AvgIpc) is 2.66. The van der Waals surface area contributed by atoms with Crippen molar-refractivity contribution in [1.29, 1.82) is 0 Å². The molecule has 0 amide bonds. The molecule has 0 aliphatic carbocycles. The molecule has 134 valence electrons. The van der Waals surface area contributed by atoms with E-state index in [0.29, 0.717) is 6.61 Å². The number of benzene rings is 2. The van der Waals surface area contributed by atoms with Gasteiger partial charge in [0.15, 0.2) is 0 Å². The Morgan fingerprint density at radius 1 is 0.920 bits per heavy atom. The molecule has 2 aromatic rings. The van der Waals surface area contributed by atoms with Gasteiger partial charge in [-0.3, -0.25) is 4.79 Å². The highest BCUT2D eigenvalue weighted by molar-refractivity contribution is 5.73. The fraction of sp³-hybridized carbons (Fsp3) is 0.381. The number of esters is 1. The zero-order chi connectivity index (χ0) is 18.2. The van der Waals surface area contributed by atoms with E-state index in [-0.39, 0.29) is 17.8 Å². The van der Waals surface area contributed by atoms with Crippen molar-refractivity contribution < 1.29 is 19.0 Å². The molecule has 0 aliphatic heterocycles. The molecule has 2 aromatic carbocycles. The summed E-state index contributed by atoms with van der Waals surface area (Å²) in [4.78, 5) is 12.3. The van der Waals surface area contributed by atoms with E-state index in [4.69, 9.17) is 14.2 Å². The van der Waals surface area contributed by atoms with Gasteiger partial charge in [0.2, 0.25) is 0 Å². The molecule has 2 atom stereocenters. The highest BCUT2D eigenvalue weighted by Crippen LogP contribution is 2.31. The Morgan fingerprint density at radius 2 is 1.44 bits per heavy atom. The Balaban J connectivity index is 2.27. The molecule has 2 unspecified atom stereocenters. The maximum absolute atomic E-state index is 12.3. The lowest BCUT2D eigenvalue weighted by Gasteiger charge is -2.23. The maximum atomic E-state index is 12.3. The van der Waals surface area contributed by atoms with Crippen LogP contribution in [-0.4, -0.2) is 26.8 Å². The Bertz CT molecular complexity index is 661. The number of ether oxygens (including phenoxy) is 3. The van der Waals surface area contributed by atoms with Gasteiger partial charge < -0.3 is 14.2 Å². The standard InChI is InChI=1S/C21H26O4/c1-5-25-21(22)15(2)20(17-8-12-19(24-4)13-9-17)14-16-6-10-18(23-3)11-7-16/h6-13,15,20H,5,14H2,1-4H3. The lowest BCUT2D eigenvalue weighted by molar-refractivity contribution is -0.148. The molecular formula is C21H26O4. The smallest absolute Gasteiger partial charge is 0.309 e. The third-order valence-corrected chi connectivity index (χ3v) is 4.42. The monoisotopic (exact) mass is 342 g/mol. The summed E-state index contributed by atoms with van der Waals surface area (Å²) in [5.74, 6) is 1.24. The van der Waals surface area contributed by atoms with E-state index in [0.717, 1.165) is 29.0 Å². The summed E-state index contributed by atoms with van der Waals surface area (Å²) < 4.78 is 15.7. The minimum atomic E-state index is -0.240. The first-order valence-electron chi connectivity index (χ1n) is 8.52. The fourth-order valence-electron chi connectivity index (χ4n) is 2.89. The van der Waals surface area contributed by atoms with Crippen LogP contribution in [0.1, 0.15) is 30.9 Å². The van der Waals surface area contributed by atoms with Gasteiger partial charge in [-0.15, -0.1) is 0 Å². The third kappa shape index (κ3) is 4.99. The van der Waals surface area contributed by atoms with Gasteiger partial charge in [0.05, 0.1) is 26.7 Å². The Labute approximate surface area is 149 Å². The van der Waals surface area contributed by atoms with Crippen LogP contribution in [0.4, 0.5) is 0 Å². The SMILES string of the molecule is CCOC(=O)C(C)C(Cc1ccc(OC)cc1)c1ccc(OC)cc1. The Kier molecular flexibility index (Phi) is 6.87. The molecule has 0 spiro atoms. The topological polar surface area (TPSA) is 44.8 Å². The van der Waals surface area contributed by atoms with Crippen molar-refractivity contribution in [1.82, 2.24) is 0 Å². The number of carbonyl (C=O) groups excluding carboxylic acids is 1. The predicted molar refractivity (Wildman–Crippen MR) is 98.2 cm³/mol. The molecule has 0 saturated heterocycles. The number of hydrogen-bond acceptors (Lipinski definition) is 4. The summed E-state index contributed by atoms with van der Waals surface area (Å²) >= 11 is 0. The van der Waals surface area contributed by atoms with E-state index in [1.807, 2.05) is 62.4 Å². The second-order valence-corrected chi connectivity index (χ2v) is 5.97. The summed E-state index contributed by atoms with van der Waals surface area (Å²) in [6, 6.07) is 15.8. The van der Waals surface area contributed by atoms with Crippen LogP contribution in [-0.2, 0) is 16.0 Å². The normalized spacial score (nSPS) is 13.0. The van der Waals surface area contributed by atoms with Crippen molar-refractivity contribution in [3.63, 3.8) is 0 Å². The van der Waals surface area contributed by atoms with Crippen LogP contribution in [0.5, 0.6) is 11.5 Å². The van der Waals surface area contributed by atoms with Gasteiger partial charge in [-0.1, -0.05) is 31.2 Å². The zero-order valence-corrected chi connectivity index (χ0v) is 15.3. The number of methoxy groups -OCH3 is 2. The van der Waals surface area contributed by atoms with Crippen molar-refractivity contribution in [2.45, 2.75) is 26.2 Å². The van der Waals surface area contributed by atoms with Crippen LogP contribution < -0.4 is 9.47 Å². The first-order chi connectivity index (χ1) is 12.1. The average molecular weight is 342 g/mol. The van der Waals surface area contributed by atoms with Gasteiger partial charge in [0.1, 0.15) is 11.5 Å². The van der Waals surface area contributed by atoms with Crippen molar-refractivity contribution >= 4 is 5.97 Å². The molecule has 0 aromatic heterocycles. The molecular weight excluding hydrogens is 316 g/mol. The largest absolute Gasteiger partial charge is 0.497 e. The first-order valence-corrected chi connectivity index (χ1v) is 8.52. The van der Waals surface area contributed by atoms with Crippen molar-refractivity contribution in [3.8, 4) is 11.5 Å². The second-order valence-electron chi connectivity index (χ2n) is 5.97. The van der Waals surface area contributed by atoms with E-state index in [1.54, 1.807) is 14.2 Å². The van der Waals surface area contributed by atoms with E-state index < -0.39 is 0 Å². The van der Waals surface area contributed by atoms with Crippen LogP contribution in [0.2, 0.25) is 0 Å².